The number of benzene rings is 1. The third kappa shape index (κ3) is 3.96. The minimum Gasteiger partial charge on any atom is -0.271 e. The molecular weight excluding hydrogens is 425 g/mol. The monoisotopic (exact) mass is 441 g/mol. The van der Waals surface area contributed by atoms with E-state index in [4.69, 9.17) is 0 Å². The fourth-order valence-electron chi connectivity index (χ4n) is 2.43. The van der Waals surface area contributed by atoms with Crippen molar-refractivity contribution in [1.29, 1.82) is 0 Å². The minimum absolute atomic E-state index is 0.110. The molecule has 1 N–H and O–H groups in total. The first-order chi connectivity index (χ1) is 12.3. The summed E-state index contributed by atoms with van der Waals surface area (Å²) in [7, 11) is -3.81. The summed E-state index contributed by atoms with van der Waals surface area (Å²) in [4.78, 5) is 0.110. The van der Waals surface area contributed by atoms with Gasteiger partial charge in [-0.15, -0.1) is 0 Å². The second kappa shape index (κ2) is 7.20. The maximum Gasteiger partial charge on any atom is 0.266 e. The van der Waals surface area contributed by atoms with Gasteiger partial charge in [-0.3, -0.25) is 14.1 Å². The van der Waals surface area contributed by atoms with E-state index in [0.717, 1.165) is 5.56 Å². The van der Waals surface area contributed by atoms with Crippen molar-refractivity contribution in [1.82, 2.24) is 19.6 Å². The summed E-state index contributed by atoms with van der Waals surface area (Å²) >= 11 is 3.31. The Morgan fingerprint density at radius 1 is 1.15 bits per heavy atom. The topological polar surface area (TPSA) is 81.8 Å². The predicted octanol–water partition coefficient (Wildman–Crippen LogP) is 3.16. The van der Waals surface area contributed by atoms with E-state index < -0.39 is 10.0 Å². The number of aryl methyl sites for hydroxylation is 2. The van der Waals surface area contributed by atoms with Crippen molar-refractivity contribution in [2.45, 2.75) is 31.8 Å². The van der Waals surface area contributed by atoms with E-state index in [0.29, 0.717) is 23.3 Å². The van der Waals surface area contributed by atoms with Gasteiger partial charge in [-0.1, -0.05) is 12.1 Å². The highest BCUT2D eigenvalue weighted by Crippen LogP contribution is 2.25. The number of nitrogens with one attached hydrogen (secondary N) is 1. The highest BCUT2D eigenvalue weighted by molar-refractivity contribution is 9.10. The van der Waals surface area contributed by atoms with Gasteiger partial charge in [-0.25, -0.2) is 12.8 Å². The highest BCUT2D eigenvalue weighted by atomic mass is 79.9. The lowest BCUT2D eigenvalue weighted by Crippen LogP contribution is -2.14. The van der Waals surface area contributed by atoms with Crippen molar-refractivity contribution in [3.05, 3.63) is 58.2 Å². The van der Waals surface area contributed by atoms with E-state index in [1.165, 1.54) is 18.3 Å². The quantitative estimate of drug-likeness (QED) is 0.636. The van der Waals surface area contributed by atoms with E-state index in [1.54, 1.807) is 34.6 Å². The molecule has 1 aromatic carbocycles. The van der Waals surface area contributed by atoms with Crippen LogP contribution in [-0.2, 0) is 23.1 Å². The first kappa shape index (κ1) is 18.6. The van der Waals surface area contributed by atoms with E-state index in [1.807, 2.05) is 6.92 Å². The van der Waals surface area contributed by atoms with Gasteiger partial charge in [-0.2, -0.15) is 10.2 Å². The van der Waals surface area contributed by atoms with Crippen molar-refractivity contribution in [2.75, 3.05) is 4.72 Å². The molecule has 0 spiro atoms. The highest BCUT2D eigenvalue weighted by Gasteiger charge is 2.22. The Bertz CT molecular complexity index is 1030. The van der Waals surface area contributed by atoms with Crippen LogP contribution in [0.25, 0.3) is 0 Å². The molecule has 0 aliphatic carbocycles. The number of hydrogen-bond donors (Lipinski definition) is 1. The smallest absolute Gasteiger partial charge is 0.266 e. The van der Waals surface area contributed by atoms with E-state index >= 15 is 0 Å². The van der Waals surface area contributed by atoms with Gasteiger partial charge in [0.2, 0.25) is 0 Å². The molecule has 3 rings (SSSR count). The Kier molecular flexibility index (Phi) is 5.15. The predicted molar refractivity (Wildman–Crippen MR) is 98.9 cm³/mol. The first-order valence-corrected chi connectivity index (χ1v) is 10.1. The van der Waals surface area contributed by atoms with E-state index in [9.17, 15) is 12.8 Å². The lowest BCUT2D eigenvalue weighted by Gasteiger charge is -2.05. The van der Waals surface area contributed by atoms with Gasteiger partial charge < -0.3 is 0 Å². The molecule has 0 saturated heterocycles. The molecule has 0 aliphatic rings. The number of hydrogen-bond acceptors (Lipinski definition) is 4. The largest absolute Gasteiger partial charge is 0.271 e. The van der Waals surface area contributed by atoms with Crippen molar-refractivity contribution >= 4 is 31.8 Å². The molecule has 2 heterocycles. The Hall–Kier alpha value is -2.20. The van der Waals surface area contributed by atoms with Crippen LogP contribution in [0.4, 0.5) is 10.2 Å². The average molecular weight is 442 g/mol. The molecule has 10 heteroatoms. The summed E-state index contributed by atoms with van der Waals surface area (Å²) in [6.45, 7) is 4.48. The van der Waals surface area contributed by atoms with Gasteiger partial charge in [-0.05, 0) is 47.5 Å². The molecule has 0 aliphatic heterocycles. The Morgan fingerprint density at radius 3 is 2.46 bits per heavy atom. The van der Waals surface area contributed by atoms with Crippen molar-refractivity contribution in [2.24, 2.45) is 0 Å². The molecule has 0 atom stereocenters. The maximum absolute atomic E-state index is 13.0. The van der Waals surface area contributed by atoms with Gasteiger partial charge in [0.15, 0.2) is 5.82 Å². The summed E-state index contributed by atoms with van der Waals surface area (Å²) in [6, 6.07) is 6.03. The van der Waals surface area contributed by atoms with Gasteiger partial charge in [0, 0.05) is 18.9 Å². The van der Waals surface area contributed by atoms with E-state index in [2.05, 4.69) is 30.8 Å². The molecule has 3 aromatic rings. The van der Waals surface area contributed by atoms with Gasteiger partial charge in [0.25, 0.3) is 10.0 Å². The molecule has 2 aromatic heterocycles. The fraction of sp³-hybridized carbons (Fsp3) is 0.250. The maximum atomic E-state index is 13.0. The van der Waals surface area contributed by atoms with Crippen molar-refractivity contribution in [3.8, 4) is 0 Å². The molecule has 0 amide bonds. The SMILES string of the molecule is CCn1cc(S(=O)(=O)Nc2nn(Cc3ccc(F)cc3)cc2Br)c(C)n1. The summed E-state index contributed by atoms with van der Waals surface area (Å²) in [5.74, 6) is -0.136. The average Bonchev–Trinajstić information content (AvgIpc) is 3.12. The van der Waals surface area contributed by atoms with Crippen molar-refractivity contribution in [3.63, 3.8) is 0 Å². The fourth-order valence-corrected chi connectivity index (χ4v) is 4.18. The Balaban J connectivity index is 1.82. The zero-order valence-corrected chi connectivity index (χ0v) is 16.6. The van der Waals surface area contributed by atoms with Gasteiger partial charge in [0.1, 0.15) is 10.7 Å². The number of halogens is 2. The van der Waals surface area contributed by atoms with E-state index in [-0.39, 0.29) is 16.5 Å². The van der Waals surface area contributed by atoms with Crippen LogP contribution in [0.1, 0.15) is 18.2 Å². The minimum atomic E-state index is -3.81. The van der Waals surface area contributed by atoms with Crippen LogP contribution in [0.15, 0.2) is 46.0 Å². The number of sulfonamides is 1. The summed E-state index contributed by atoms with van der Waals surface area (Å²) < 4.78 is 44.4. The number of anilines is 1. The second-order valence-electron chi connectivity index (χ2n) is 5.69. The zero-order valence-electron chi connectivity index (χ0n) is 14.1. The molecule has 0 fully saturated rings. The number of aromatic nitrogens is 4. The summed E-state index contributed by atoms with van der Waals surface area (Å²) in [5, 5.41) is 8.41. The zero-order chi connectivity index (χ0) is 18.9. The molecular formula is C16H17BrFN5O2S. The van der Waals surface area contributed by atoms with Crippen LogP contribution in [-0.4, -0.2) is 28.0 Å². The lowest BCUT2D eigenvalue weighted by molar-refractivity contribution is 0.599. The van der Waals surface area contributed by atoms with Crippen LogP contribution in [0.5, 0.6) is 0 Å². The number of rotatable bonds is 6. The lowest BCUT2D eigenvalue weighted by atomic mass is 10.2. The third-order valence-electron chi connectivity index (χ3n) is 3.72. The van der Waals surface area contributed by atoms with Crippen LogP contribution in [0.3, 0.4) is 0 Å². The first-order valence-electron chi connectivity index (χ1n) is 7.82. The third-order valence-corrected chi connectivity index (χ3v) is 5.74. The van der Waals surface area contributed by atoms with Gasteiger partial charge >= 0.3 is 0 Å². The van der Waals surface area contributed by atoms with Gasteiger partial charge in [0.05, 0.1) is 16.7 Å². The van der Waals surface area contributed by atoms with Crippen LogP contribution in [0.2, 0.25) is 0 Å². The molecule has 7 nitrogen and oxygen atoms in total. The standard InChI is InChI=1S/C16H17BrFN5O2S/c1-3-22-10-15(11(2)19-22)26(24,25)21-16-14(17)9-23(20-16)8-12-4-6-13(18)7-5-12/h4-7,9-10H,3,8H2,1-2H3,(H,20,21). The molecule has 26 heavy (non-hydrogen) atoms. The van der Waals surface area contributed by atoms with Crippen LogP contribution >= 0.6 is 15.9 Å². The van der Waals surface area contributed by atoms with Crippen LogP contribution in [0, 0.1) is 12.7 Å². The molecule has 0 saturated carbocycles. The molecule has 0 unspecified atom stereocenters. The Labute approximate surface area is 159 Å². The summed E-state index contributed by atoms with van der Waals surface area (Å²) in [6.07, 6.45) is 3.14. The molecule has 138 valence electrons. The molecule has 0 bridgehead atoms. The van der Waals surface area contributed by atoms with Crippen molar-refractivity contribution < 1.29 is 12.8 Å². The van der Waals surface area contributed by atoms with Crippen LogP contribution < -0.4 is 4.72 Å². The molecule has 0 radical (unpaired) electrons. The number of nitrogens with zero attached hydrogens (tertiary/aromatic N) is 4. The summed E-state index contributed by atoms with van der Waals surface area (Å²) in [5.41, 5.74) is 1.26. The second-order valence-corrected chi connectivity index (χ2v) is 8.19. The normalized spacial score (nSPS) is 11.7. The Morgan fingerprint density at radius 2 is 1.85 bits per heavy atom.